The largest absolute Gasteiger partial charge is 0.386 e. The van der Waals surface area contributed by atoms with Gasteiger partial charge < -0.3 is 20.6 Å². The van der Waals surface area contributed by atoms with E-state index in [0.29, 0.717) is 11.3 Å². The van der Waals surface area contributed by atoms with Crippen LogP contribution in [-0.2, 0) is 0 Å². The Morgan fingerprint density at radius 2 is 1.84 bits per heavy atom. The van der Waals surface area contributed by atoms with Gasteiger partial charge in [-0.25, -0.2) is 9.18 Å². The first-order valence-electron chi connectivity index (χ1n) is 8.23. The minimum atomic E-state index is -0.931. The molecule has 3 N–H and O–H groups in total. The van der Waals surface area contributed by atoms with Gasteiger partial charge in [-0.2, -0.15) is 0 Å². The van der Waals surface area contributed by atoms with E-state index in [1.807, 2.05) is 43.1 Å². The Kier molecular flexibility index (Phi) is 6.36. The lowest BCUT2D eigenvalue weighted by Gasteiger charge is -2.23. The number of benzene rings is 2. The van der Waals surface area contributed by atoms with Gasteiger partial charge in [-0.3, -0.25) is 0 Å². The molecular formula is C19H24FN3O2. The number of anilines is 2. The molecule has 0 aliphatic heterocycles. The molecule has 2 amide bonds. The van der Waals surface area contributed by atoms with Gasteiger partial charge in [-0.05, 0) is 43.7 Å². The van der Waals surface area contributed by atoms with E-state index in [0.717, 1.165) is 12.2 Å². The molecule has 2 unspecified atom stereocenters. The second-order valence-electron chi connectivity index (χ2n) is 5.91. The molecule has 5 nitrogen and oxygen atoms in total. The van der Waals surface area contributed by atoms with Crippen LogP contribution in [0.1, 0.15) is 25.5 Å². The smallest absolute Gasteiger partial charge is 0.319 e. The summed E-state index contributed by atoms with van der Waals surface area (Å²) in [4.78, 5) is 14.3. The Labute approximate surface area is 147 Å². The van der Waals surface area contributed by atoms with Gasteiger partial charge in [0.1, 0.15) is 5.82 Å². The number of urea groups is 1. The Morgan fingerprint density at radius 1 is 1.20 bits per heavy atom. The van der Waals surface area contributed by atoms with E-state index in [1.54, 1.807) is 6.92 Å². The zero-order valence-corrected chi connectivity index (χ0v) is 14.7. The second-order valence-corrected chi connectivity index (χ2v) is 5.91. The van der Waals surface area contributed by atoms with Crippen molar-refractivity contribution >= 4 is 17.4 Å². The molecule has 0 bridgehead atoms. The fourth-order valence-electron chi connectivity index (χ4n) is 2.48. The first-order chi connectivity index (χ1) is 11.9. The van der Waals surface area contributed by atoms with E-state index in [2.05, 4.69) is 10.6 Å². The second kappa shape index (κ2) is 8.48. The highest BCUT2D eigenvalue weighted by Crippen LogP contribution is 2.24. The van der Waals surface area contributed by atoms with Crippen molar-refractivity contribution in [1.29, 1.82) is 0 Å². The number of rotatable bonds is 6. The van der Waals surface area contributed by atoms with Crippen LogP contribution in [0, 0.1) is 5.82 Å². The first kappa shape index (κ1) is 18.7. The molecule has 0 saturated heterocycles. The third-order valence-corrected chi connectivity index (χ3v) is 4.08. The maximum atomic E-state index is 13.0. The zero-order chi connectivity index (χ0) is 18.4. The van der Waals surface area contributed by atoms with Crippen molar-refractivity contribution < 1.29 is 14.3 Å². The van der Waals surface area contributed by atoms with Gasteiger partial charge in [-0.1, -0.05) is 24.3 Å². The van der Waals surface area contributed by atoms with Crippen LogP contribution in [0.15, 0.2) is 48.5 Å². The number of aliphatic hydroxyl groups is 1. The van der Waals surface area contributed by atoms with Gasteiger partial charge >= 0.3 is 6.03 Å². The molecule has 0 fully saturated rings. The summed E-state index contributed by atoms with van der Waals surface area (Å²) in [6.07, 6.45) is -0.931. The van der Waals surface area contributed by atoms with Crippen molar-refractivity contribution in [2.24, 2.45) is 0 Å². The van der Waals surface area contributed by atoms with Crippen molar-refractivity contribution in [2.75, 3.05) is 23.8 Å². The van der Waals surface area contributed by atoms with Crippen molar-refractivity contribution in [1.82, 2.24) is 5.32 Å². The summed E-state index contributed by atoms with van der Waals surface area (Å²) in [5.74, 6) is -0.369. The van der Waals surface area contributed by atoms with Crippen LogP contribution < -0.4 is 15.5 Å². The highest BCUT2D eigenvalue weighted by atomic mass is 19.1. The number of carbonyl (C=O) groups excluding carboxylic acids is 1. The number of aliphatic hydroxyl groups excluding tert-OH is 1. The Morgan fingerprint density at radius 3 is 2.48 bits per heavy atom. The van der Waals surface area contributed by atoms with Crippen molar-refractivity contribution in [3.8, 4) is 0 Å². The van der Waals surface area contributed by atoms with E-state index < -0.39 is 18.2 Å². The highest BCUT2D eigenvalue weighted by Gasteiger charge is 2.19. The van der Waals surface area contributed by atoms with Gasteiger partial charge in [0.2, 0.25) is 0 Å². The third-order valence-electron chi connectivity index (χ3n) is 4.08. The summed E-state index contributed by atoms with van der Waals surface area (Å²) >= 11 is 0. The summed E-state index contributed by atoms with van der Waals surface area (Å²) in [6, 6.07) is 12.1. The number of halogens is 1. The molecule has 25 heavy (non-hydrogen) atoms. The average Bonchev–Trinajstić information content (AvgIpc) is 2.61. The normalized spacial score (nSPS) is 13.0. The lowest BCUT2D eigenvalue weighted by molar-refractivity contribution is 0.139. The molecule has 0 aliphatic rings. The monoisotopic (exact) mass is 345 g/mol. The summed E-state index contributed by atoms with van der Waals surface area (Å²) < 4.78 is 13.0. The first-order valence-corrected chi connectivity index (χ1v) is 8.23. The van der Waals surface area contributed by atoms with Gasteiger partial charge in [0, 0.05) is 13.6 Å². The molecule has 0 saturated carbocycles. The predicted octanol–water partition coefficient (Wildman–Crippen LogP) is 3.53. The lowest BCUT2D eigenvalue weighted by Crippen LogP contribution is -2.40. The van der Waals surface area contributed by atoms with Crippen LogP contribution in [0.2, 0.25) is 0 Å². The molecule has 0 aromatic heterocycles. The van der Waals surface area contributed by atoms with E-state index in [9.17, 15) is 14.3 Å². The van der Waals surface area contributed by atoms with Crippen molar-refractivity contribution in [3.05, 3.63) is 59.9 Å². The predicted molar refractivity (Wildman–Crippen MR) is 98.4 cm³/mol. The minimum absolute atomic E-state index is 0.369. The Bertz CT molecular complexity index is 706. The molecule has 0 spiro atoms. The quantitative estimate of drug-likeness (QED) is 0.750. The Balaban J connectivity index is 2.01. The SMILES string of the molecule is CCN(C)c1ccccc1NC(=O)NC(C)C(O)c1ccc(F)cc1. The number of para-hydroxylation sites is 2. The van der Waals surface area contributed by atoms with Gasteiger partial charge in [0.25, 0.3) is 0 Å². The molecule has 0 heterocycles. The molecule has 6 heteroatoms. The maximum Gasteiger partial charge on any atom is 0.319 e. The number of hydrogen-bond donors (Lipinski definition) is 3. The molecule has 2 atom stereocenters. The third kappa shape index (κ3) is 4.93. The summed E-state index contributed by atoms with van der Waals surface area (Å²) in [7, 11) is 1.94. The molecule has 2 aromatic carbocycles. The number of carbonyl (C=O) groups is 1. The van der Waals surface area contributed by atoms with Crippen molar-refractivity contribution in [3.63, 3.8) is 0 Å². The summed E-state index contributed by atoms with van der Waals surface area (Å²) in [5.41, 5.74) is 2.14. The fourth-order valence-corrected chi connectivity index (χ4v) is 2.48. The van der Waals surface area contributed by atoms with Crippen LogP contribution in [-0.4, -0.2) is 30.8 Å². The van der Waals surface area contributed by atoms with Crippen LogP contribution >= 0.6 is 0 Å². The van der Waals surface area contributed by atoms with E-state index in [4.69, 9.17) is 0 Å². The lowest BCUT2D eigenvalue weighted by atomic mass is 10.0. The van der Waals surface area contributed by atoms with Crippen LogP contribution in [0.3, 0.4) is 0 Å². The average molecular weight is 345 g/mol. The molecule has 2 rings (SSSR count). The molecule has 0 aliphatic carbocycles. The zero-order valence-electron chi connectivity index (χ0n) is 14.7. The Hall–Kier alpha value is -2.60. The minimum Gasteiger partial charge on any atom is -0.386 e. The molecule has 134 valence electrons. The number of hydrogen-bond acceptors (Lipinski definition) is 3. The topological polar surface area (TPSA) is 64.6 Å². The van der Waals surface area contributed by atoms with Crippen LogP contribution in [0.25, 0.3) is 0 Å². The summed E-state index contributed by atoms with van der Waals surface area (Å²) in [6.45, 7) is 4.52. The molecule has 2 aromatic rings. The molecule has 0 radical (unpaired) electrons. The molecular weight excluding hydrogens is 321 g/mol. The van der Waals surface area contributed by atoms with Gasteiger partial charge in [0.15, 0.2) is 0 Å². The van der Waals surface area contributed by atoms with Gasteiger partial charge in [-0.15, -0.1) is 0 Å². The van der Waals surface area contributed by atoms with Crippen LogP contribution in [0.4, 0.5) is 20.6 Å². The van der Waals surface area contributed by atoms with Crippen molar-refractivity contribution in [2.45, 2.75) is 26.0 Å². The van der Waals surface area contributed by atoms with Gasteiger partial charge in [0.05, 0.1) is 23.5 Å². The van der Waals surface area contributed by atoms with E-state index in [1.165, 1.54) is 24.3 Å². The van der Waals surface area contributed by atoms with E-state index >= 15 is 0 Å². The van der Waals surface area contributed by atoms with Crippen LogP contribution in [0.5, 0.6) is 0 Å². The highest BCUT2D eigenvalue weighted by molar-refractivity contribution is 5.93. The number of nitrogens with one attached hydrogen (secondary N) is 2. The standard InChI is InChI=1S/C19H24FN3O2/c1-4-23(3)17-8-6-5-7-16(17)22-19(25)21-13(2)18(24)14-9-11-15(20)12-10-14/h5-13,18,24H,4H2,1-3H3,(H2,21,22,25). The number of nitrogens with zero attached hydrogens (tertiary/aromatic N) is 1. The fraction of sp³-hybridized carbons (Fsp3) is 0.316. The van der Waals surface area contributed by atoms with E-state index in [-0.39, 0.29) is 5.82 Å². The summed E-state index contributed by atoms with van der Waals surface area (Å²) in [5, 5.41) is 15.8. The number of amides is 2. The maximum absolute atomic E-state index is 13.0.